The summed E-state index contributed by atoms with van der Waals surface area (Å²) < 4.78 is 5.07. The van der Waals surface area contributed by atoms with Crippen LogP contribution in [0.1, 0.15) is 40.0 Å². The van der Waals surface area contributed by atoms with Crippen LogP contribution in [0.3, 0.4) is 0 Å². The largest absolute Gasteiger partial charge is 0.481 e. The van der Waals surface area contributed by atoms with Crippen molar-refractivity contribution in [3.63, 3.8) is 0 Å². The molecule has 1 saturated heterocycles. The quantitative estimate of drug-likeness (QED) is 0.786. The molecule has 2 amide bonds. The van der Waals surface area contributed by atoms with Crippen LogP contribution >= 0.6 is 0 Å². The Morgan fingerprint density at radius 1 is 1.33 bits per heavy atom. The van der Waals surface area contributed by atoms with Gasteiger partial charge in [-0.15, -0.1) is 0 Å². The van der Waals surface area contributed by atoms with Crippen LogP contribution in [0.25, 0.3) is 0 Å². The lowest BCUT2D eigenvalue weighted by molar-refractivity contribution is -0.150. The fourth-order valence-corrected chi connectivity index (χ4v) is 2.31. The summed E-state index contributed by atoms with van der Waals surface area (Å²) in [5, 5.41) is 12.1. The van der Waals surface area contributed by atoms with Crippen LogP contribution in [0.4, 0.5) is 4.79 Å². The van der Waals surface area contributed by atoms with E-state index < -0.39 is 11.4 Å². The van der Waals surface area contributed by atoms with Gasteiger partial charge < -0.3 is 20.1 Å². The lowest BCUT2D eigenvalue weighted by Gasteiger charge is -2.37. The molecule has 0 aromatic heterocycles. The van der Waals surface area contributed by atoms with Crippen molar-refractivity contribution in [1.82, 2.24) is 10.2 Å². The molecular formula is C15H28N2O4. The maximum absolute atomic E-state index is 12.1. The van der Waals surface area contributed by atoms with Crippen LogP contribution in [0.2, 0.25) is 0 Å². The molecule has 1 rings (SSSR count). The predicted octanol–water partition coefficient (Wildman–Crippen LogP) is 1.95. The number of hydrogen-bond donors (Lipinski definition) is 2. The van der Waals surface area contributed by atoms with Gasteiger partial charge in [0.2, 0.25) is 0 Å². The number of carboxylic acid groups (broad SMARTS) is 1. The van der Waals surface area contributed by atoms with E-state index in [1.165, 1.54) is 0 Å². The molecule has 1 heterocycles. The number of hydrogen-bond acceptors (Lipinski definition) is 3. The van der Waals surface area contributed by atoms with E-state index in [9.17, 15) is 14.7 Å². The summed E-state index contributed by atoms with van der Waals surface area (Å²) in [5.74, 6) is -0.775. The van der Waals surface area contributed by atoms with Gasteiger partial charge in [0.05, 0.1) is 5.41 Å². The predicted molar refractivity (Wildman–Crippen MR) is 80.2 cm³/mol. The van der Waals surface area contributed by atoms with Crippen LogP contribution in [0, 0.1) is 10.8 Å². The van der Waals surface area contributed by atoms with Crippen LogP contribution in [-0.4, -0.2) is 55.4 Å². The molecule has 0 bridgehead atoms. The van der Waals surface area contributed by atoms with E-state index in [0.717, 1.165) is 6.42 Å². The van der Waals surface area contributed by atoms with E-state index in [2.05, 4.69) is 19.2 Å². The maximum atomic E-state index is 12.1. The first-order chi connectivity index (χ1) is 9.70. The Kier molecular flexibility index (Phi) is 6.01. The molecule has 6 nitrogen and oxygen atoms in total. The molecule has 2 N–H and O–H groups in total. The molecule has 0 aromatic rings. The number of carbonyl (C=O) groups is 2. The molecule has 0 saturated carbocycles. The molecule has 21 heavy (non-hydrogen) atoms. The number of ether oxygens (including phenoxy) is 1. The summed E-state index contributed by atoms with van der Waals surface area (Å²) in [6.45, 7) is 8.16. The first-order valence-corrected chi connectivity index (χ1v) is 7.45. The van der Waals surface area contributed by atoms with Gasteiger partial charge in [0.15, 0.2) is 0 Å². The van der Waals surface area contributed by atoms with Gasteiger partial charge in [0, 0.05) is 33.4 Å². The second-order valence-corrected chi connectivity index (χ2v) is 6.92. The number of urea groups is 1. The Labute approximate surface area is 126 Å². The van der Waals surface area contributed by atoms with Crippen molar-refractivity contribution in [2.75, 3.05) is 33.4 Å². The summed E-state index contributed by atoms with van der Waals surface area (Å²) in [6.07, 6.45) is 1.88. The lowest BCUT2D eigenvalue weighted by Crippen LogP contribution is -2.50. The molecule has 0 aliphatic carbocycles. The van der Waals surface area contributed by atoms with Crippen LogP contribution in [-0.2, 0) is 9.53 Å². The first-order valence-electron chi connectivity index (χ1n) is 7.45. The number of nitrogens with one attached hydrogen (secondary N) is 1. The topological polar surface area (TPSA) is 78.9 Å². The van der Waals surface area contributed by atoms with Gasteiger partial charge in [-0.2, -0.15) is 0 Å². The van der Waals surface area contributed by atoms with E-state index in [1.807, 2.05) is 0 Å². The second kappa shape index (κ2) is 7.11. The summed E-state index contributed by atoms with van der Waals surface area (Å²) in [7, 11) is 1.67. The third kappa shape index (κ3) is 5.19. The van der Waals surface area contributed by atoms with Crippen molar-refractivity contribution >= 4 is 12.0 Å². The number of aliphatic carboxylic acids is 1. The van der Waals surface area contributed by atoms with Gasteiger partial charge in [0.1, 0.15) is 0 Å². The highest BCUT2D eigenvalue weighted by Gasteiger charge is 2.38. The van der Waals surface area contributed by atoms with Crippen molar-refractivity contribution in [1.29, 1.82) is 0 Å². The number of likely N-dealkylation sites (tertiary alicyclic amines) is 1. The number of carbonyl (C=O) groups excluding carboxylic acids is 1. The summed E-state index contributed by atoms with van der Waals surface area (Å²) in [4.78, 5) is 25.0. The van der Waals surface area contributed by atoms with Gasteiger partial charge in [-0.1, -0.05) is 13.8 Å². The van der Waals surface area contributed by atoms with Crippen LogP contribution in [0.5, 0.6) is 0 Å². The monoisotopic (exact) mass is 300 g/mol. The molecule has 0 atom stereocenters. The van der Waals surface area contributed by atoms with Crippen molar-refractivity contribution < 1.29 is 19.4 Å². The maximum Gasteiger partial charge on any atom is 0.317 e. The zero-order valence-electron chi connectivity index (χ0n) is 13.6. The summed E-state index contributed by atoms with van der Waals surface area (Å²) in [5.41, 5.74) is -0.717. The molecule has 0 unspecified atom stereocenters. The molecule has 122 valence electrons. The number of amides is 2. The molecule has 0 spiro atoms. The number of nitrogens with zero attached hydrogens (tertiary/aromatic N) is 1. The zero-order chi connectivity index (χ0) is 16.1. The molecule has 0 radical (unpaired) electrons. The Balaban J connectivity index is 2.39. The standard InChI is InChI=1S/C15H28N2O4/c1-14(2,7-10-21-4)11-16-13(20)17-8-5-15(3,6-9-17)12(18)19/h5-11H2,1-4H3,(H,16,20)(H,18,19). The van der Waals surface area contributed by atoms with Gasteiger partial charge >= 0.3 is 12.0 Å². The molecule has 1 aliphatic heterocycles. The van der Waals surface area contributed by atoms with Crippen molar-refractivity contribution in [2.45, 2.75) is 40.0 Å². The van der Waals surface area contributed by atoms with Gasteiger partial charge in [-0.3, -0.25) is 4.79 Å². The minimum Gasteiger partial charge on any atom is -0.481 e. The molecule has 1 fully saturated rings. The average molecular weight is 300 g/mol. The second-order valence-electron chi connectivity index (χ2n) is 6.92. The number of rotatable bonds is 6. The Morgan fingerprint density at radius 3 is 2.38 bits per heavy atom. The van der Waals surface area contributed by atoms with Gasteiger partial charge in [-0.25, -0.2) is 4.79 Å². The minimum absolute atomic E-state index is 0.0168. The molecule has 6 heteroatoms. The average Bonchev–Trinajstić information content (AvgIpc) is 2.43. The van der Waals surface area contributed by atoms with E-state index >= 15 is 0 Å². The normalized spacial score (nSPS) is 18.4. The van der Waals surface area contributed by atoms with E-state index in [1.54, 1.807) is 18.9 Å². The van der Waals surface area contributed by atoms with E-state index in [0.29, 0.717) is 39.1 Å². The smallest absolute Gasteiger partial charge is 0.317 e. The number of methoxy groups -OCH3 is 1. The third-order valence-electron chi connectivity index (χ3n) is 4.37. The fourth-order valence-electron chi connectivity index (χ4n) is 2.31. The summed E-state index contributed by atoms with van der Waals surface area (Å²) >= 11 is 0. The highest BCUT2D eigenvalue weighted by Crippen LogP contribution is 2.31. The van der Waals surface area contributed by atoms with E-state index in [4.69, 9.17) is 4.74 Å². The zero-order valence-corrected chi connectivity index (χ0v) is 13.6. The Morgan fingerprint density at radius 2 is 1.90 bits per heavy atom. The van der Waals surface area contributed by atoms with Gasteiger partial charge in [0.25, 0.3) is 0 Å². The van der Waals surface area contributed by atoms with Crippen molar-refractivity contribution in [2.24, 2.45) is 10.8 Å². The van der Waals surface area contributed by atoms with Crippen LogP contribution in [0.15, 0.2) is 0 Å². The minimum atomic E-state index is -0.775. The highest BCUT2D eigenvalue weighted by molar-refractivity contribution is 5.77. The highest BCUT2D eigenvalue weighted by atomic mass is 16.5. The van der Waals surface area contributed by atoms with E-state index in [-0.39, 0.29) is 11.4 Å². The molecular weight excluding hydrogens is 272 g/mol. The van der Waals surface area contributed by atoms with Crippen molar-refractivity contribution in [3.05, 3.63) is 0 Å². The lowest BCUT2D eigenvalue weighted by atomic mass is 9.80. The summed E-state index contributed by atoms with van der Waals surface area (Å²) in [6, 6.07) is -0.104. The number of piperidine rings is 1. The Bertz CT molecular complexity index is 374. The molecule has 1 aliphatic rings. The third-order valence-corrected chi connectivity index (χ3v) is 4.37. The first kappa shape index (κ1) is 17.8. The van der Waals surface area contributed by atoms with Gasteiger partial charge in [-0.05, 0) is 31.6 Å². The number of carboxylic acids is 1. The molecule has 0 aromatic carbocycles. The Hall–Kier alpha value is -1.30. The van der Waals surface area contributed by atoms with Crippen LogP contribution < -0.4 is 5.32 Å². The SMILES string of the molecule is COCCC(C)(C)CNC(=O)N1CCC(C)(C(=O)O)CC1. The van der Waals surface area contributed by atoms with Crippen molar-refractivity contribution in [3.8, 4) is 0 Å². The fraction of sp³-hybridized carbons (Fsp3) is 0.867.